The summed E-state index contributed by atoms with van der Waals surface area (Å²) >= 11 is 0. The maximum Gasteiger partial charge on any atom is 0.308 e. The number of hydrogen-bond acceptors (Lipinski definition) is 3. The van der Waals surface area contributed by atoms with Gasteiger partial charge in [0.2, 0.25) is 0 Å². The van der Waals surface area contributed by atoms with Crippen LogP contribution < -0.4 is 0 Å². The predicted molar refractivity (Wildman–Crippen MR) is 93.3 cm³/mol. The number of rotatable bonds is 4. The fourth-order valence-electron chi connectivity index (χ4n) is 5.54. The first-order chi connectivity index (χ1) is 11.2. The third kappa shape index (κ3) is 3.92. The van der Waals surface area contributed by atoms with Crippen molar-refractivity contribution in [3.63, 3.8) is 0 Å². The van der Waals surface area contributed by atoms with Gasteiger partial charge in [0.15, 0.2) is 0 Å². The highest BCUT2D eigenvalue weighted by atomic mass is 16.5. The van der Waals surface area contributed by atoms with Crippen molar-refractivity contribution >= 4 is 5.97 Å². The van der Waals surface area contributed by atoms with Crippen molar-refractivity contribution in [3.8, 4) is 0 Å². The smallest absolute Gasteiger partial charge is 0.308 e. The summed E-state index contributed by atoms with van der Waals surface area (Å²) in [6.45, 7) is 4.86. The summed E-state index contributed by atoms with van der Waals surface area (Å²) in [4.78, 5) is 14.9. The molecule has 23 heavy (non-hydrogen) atoms. The third-order valence-corrected chi connectivity index (χ3v) is 6.70. The van der Waals surface area contributed by atoms with Crippen molar-refractivity contribution < 1.29 is 9.53 Å². The minimum atomic E-state index is 0.0456. The SMILES string of the molecule is CCOC(=O)C1CCC(N2C(C)CCC2C2CCCCC2)CC1. The quantitative estimate of drug-likeness (QED) is 0.712. The molecule has 1 saturated heterocycles. The first kappa shape index (κ1) is 17.3. The van der Waals surface area contributed by atoms with Crippen molar-refractivity contribution in [1.82, 2.24) is 4.90 Å². The average molecular weight is 322 g/mol. The van der Waals surface area contributed by atoms with E-state index in [-0.39, 0.29) is 11.9 Å². The first-order valence-corrected chi connectivity index (χ1v) is 10.1. The van der Waals surface area contributed by atoms with Gasteiger partial charge < -0.3 is 4.74 Å². The molecule has 132 valence electrons. The summed E-state index contributed by atoms with van der Waals surface area (Å²) in [7, 11) is 0. The lowest BCUT2D eigenvalue weighted by Crippen LogP contribution is -2.48. The topological polar surface area (TPSA) is 29.5 Å². The van der Waals surface area contributed by atoms with Crippen molar-refractivity contribution in [2.24, 2.45) is 11.8 Å². The molecular formula is C20H35NO2. The Morgan fingerprint density at radius 3 is 2.30 bits per heavy atom. The van der Waals surface area contributed by atoms with Gasteiger partial charge in [-0.15, -0.1) is 0 Å². The molecule has 0 bridgehead atoms. The average Bonchev–Trinajstić information content (AvgIpc) is 2.97. The van der Waals surface area contributed by atoms with Crippen LogP contribution in [0.4, 0.5) is 0 Å². The van der Waals surface area contributed by atoms with E-state index in [1.165, 1.54) is 57.8 Å². The van der Waals surface area contributed by atoms with Gasteiger partial charge >= 0.3 is 5.97 Å². The second-order valence-corrected chi connectivity index (χ2v) is 8.10. The van der Waals surface area contributed by atoms with E-state index in [0.29, 0.717) is 12.6 Å². The van der Waals surface area contributed by atoms with Crippen LogP contribution >= 0.6 is 0 Å². The first-order valence-electron chi connectivity index (χ1n) is 10.1. The van der Waals surface area contributed by atoms with Crippen LogP contribution in [0.2, 0.25) is 0 Å². The van der Waals surface area contributed by atoms with E-state index in [4.69, 9.17) is 4.74 Å². The Morgan fingerprint density at radius 1 is 0.957 bits per heavy atom. The highest BCUT2D eigenvalue weighted by Crippen LogP contribution is 2.41. The molecular weight excluding hydrogens is 286 g/mol. The molecule has 3 rings (SSSR count). The number of carbonyl (C=O) groups is 1. The van der Waals surface area contributed by atoms with Crippen molar-refractivity contribution in [2.75, 3.05) is 6.61 Å². The van der Waals surface area contributed by atoms with E-state index < -0.39 is 0 Å². The lowest BCUT2D eigenvalue weighted by atomic mass is 9.80. The summed E-state index contributed by atoms with van der Waals surface area (Å²) < 4.78 is 5.23. The van der Waals surface area contributed by atoms with Gasteiger partial charge in [0.05, 0.1) is 12.5 Å². The minimum Gasteiger partial charge on any atom is -0.466 e. The zero-order valence-corrected chi connectivity index (χ0v) is 15.1. The summed E-state index contributed by atoms with van der Waals surface area (Å²) in [6, 6.07) is 2.28. The summed E-state index contributed by atoms with van der Waals surface area (Å²) in [6.07, 6.45) is 14.5. The van der Waals surface area contributed by atoms with E-state index in [1.807, 2.05) is 6.92 Å². The van der Waals surface area contributed by atoms with Crippen LogP contribution in [0.1, 0.15) is 84.5 Å². The molecule has 3 fully saturated rings. The Hall–Kier alpha value is -0.570. The van der Waals surface area contributed by atoms with Crippen LogP contribution in [0.5, 0.6) is 0 Å². The standard InChI is InChI=1S/C20H35NO2/c1-3-23-20(22)17-10-12-18(13-11-17)21-15(2)9-14-19(21)16-7-5-4-6-8-16/h15-19H,3-14H2,1-2H3. The second kappa shape index (κ2) is 8.00. The number of likely N-dealkylation sites (tertiary alicyclic amines) is 1. The normalized spacial score (nSPS) is 37.0. The second-order valence-electron chi connectivity index (χ2n) is 8.10. The molecule has 3 nitrogen and oxygen atoms in total. The molecule has 2 unspecified atom stereocenters. The Kier molecular flexibility index (Phi) is 6.01. The lowest BCUT2D eigenvalue weighted by Gasteiger charge is -2.43. The van der Waals surface area contributed by atoms with E-state index in [0.717, 1.165) is 30.8 Å². The Balaban J connectivity index is 1.58. The molecule has 1 aliphatic heterocycles. The Bertz CT molecular complexity index is 383. The molecule has 1 heterocycles. The molecule has 0 radical (unpaired) electrons. The van der Waals surface area contributed by atoms with Gasteiger partial charge in [-0.1, -0.05) is 19.3 Å². The van der Waals surface area contributed by atoms with E-state index in [9.17, 15) is 4.79 Å². The molecule has 0 spiro atoms. The van der Waals surface area contributed by atoms with Crippen LogP contribution in [0.15, 0.2) is 0 Å². The summed E-state index contributed by atoms with van der Waals surface area (Å²) in [5, 5.41) is 0. The van der Waals surface area contributed by atoms with Crippen LogP contribution in [0.25, 0.3) is 0 Å². The lowest BCUT2D eigenvalue weighted by molar-refractivity contribution is -0.149. The largest absolute Gasteiger partial charge is 0.466 e. The van der Waals surface area contributed by atoms with Gasteiger partial charge in [0.1, 0.15) is 0 Å². The highest BCUT2D eigenvalue weighted by molar-refractivity contribution is 5.72. The molecule has 0 amide bonds. The summed E-state index contributed by atoms with van der Waals surface area (Å²) in [5.41, 5.74) is 0. The maximum atomic E-state index is 12.0. The molecule has 2 saturated carbocycles. The van der Waals surface area contributed by atoms with Gasteiger partial charge in [-0.25, -0.2) is 0 Å². The number of ether oxygens (including phenoxy) is 1. The summed E-state index contributed by atoms with van der Waals surface area (Å²) in [5.74, 6) is 1.15. The van der Waals surface area contributed by atoms with Crippen LogP contribution in [0, 0.1) is 11.8 Å². The molecule has 2 aliphatic carbocycles. The van der Waals surface area contributed by atoms with Crippen LogP contribution in [-0.2, 0) is 9.53 Å². The molecule has 2 atom stereocenters. The fourth-order valence-corrected chi connectivity index (χ4v) is 5.54. The van der Waals surface area contributed by atoms with E-state index in [2.05, 4.69) is 11.8 Å². The third-order valence-electron chi connectivity index (χ3n) is 6.70. The molecule has 3 heteroatoms. The van der Waals surface area contributed by atoms with Crippen molar-refractivity contribution in [2.45, 2.75) is 103 Å². The van der Waals surface area contributed by atoms with Gasteiger partial charge in [-0.2, -0.15) is 0 Å². The number of carbonyl (C=O) groups excluding carboxylic acids is 1. The molecule has 3 aliphatic rings. The van der Waals surface area contributed by atoms with Crippen LogP contribution in [-0.4, -0.2) is 35.6 Å². The number of nitrogens with zero attached hydrogens (tertiary/aromatic N) is 1. The van der Waals surface area contributed by atoms with Crippen molar-refractivity contribution in [3.05, 3.63) is 0 Å². The van der Waals surface area contributed by atoms with Gasteiger partial charge in [-0.05, 0) is 71.1 Å². The molecule has 0 aromatic rings. The monoisotopic (exact) mass is 321 g/mol. The van der Waals surface area contributed by atoms with Crippen molar-refractivity contribution in [1.29, 1.82) is 0 Å². The van der Waals surface area contributed by atoms with Gasteiger partial charge in [-0.3, -0.25) is 9.69 Å². The van der Waals surface area contributed by atoms with Gasteiger partial charge in [0.25, 0.3) is 0 Å². The number of esters is 1. The van der Waals surface area contributed by atoms with Crippen LogP contribution in [0.3, 0.4) is 0 Å². The molecule has 0 aromatic heterocycles. The highest BCUT2D eigenvalue weighted by Gasteiger charge is 2.41. The van der Waals surface area contributed by atoms with E-state index in [1.54, 1.807) is 0 Å². The zero-order valence-electron chi connectivity index (χ0n) is 15.1. The Morgan fingerprint density at radius 2 is 1.65 bits per heavy atom. The fraction of sp³-hybridized carbons (Fsp3) is 0.950. The van der Waals surface area contributed by atoms with Gasteiger partial charge in [0, 0.05) is 18.1 Å². The minimum absolute atomic E-state index is 0.0456. The predicted octanol–water partition coefficient (Wildman–Crippen LogP) is 4.54. The Labute approximate surface area is 142 Å². The maximum absolute atomic E-state index is 12.0. The zero-order chi connectivity index (χ0) is 16.2. The van der Waals surface area contributed by atoms with E-state index >= 15 is 0 Å². The molecule has 0 aromatic carbocycles. The molecule has 0 N–H and O–H groups in total. The number of hydrogen-bond donors (Lipinski definition) is 0.